The predicted molar refractivity (Wildman–Crippen MR) is 91.5 cm³/mol. The van der Waals surface area contributed by atoms with Crippen LogP contribution in [0.15, 0.2) is 24.3 Å². The van der Waals surface area contributed by atoms with Gasteiger partial charge in [0.05, 0.1) is 6.61 Å². The van der Waals surface area contributed by atoms with Crippen molar-refractivity contribution in [2.75, 3.05) is 13.2 Å². The van der Waals surface area contributed by atoms with Gasteiger partial charge in [0.15, 0.2) is 6.61 Å². The van der Waals surface area contributed by atoms with Crippen molar-refractivity contribution in [3.63, 3.8) is 0 Å². The number of nitrogens with two attached hydrogens (primary N) is 1. The largest absolute Gasteiger partial charge is 0.482 e. The molecule has 0 aliphatic heterocycles. The number of ether oxygens (including phenoxy) is 2. The summed E-state index contributed by atoms with van der Waals surface area (Å²) in [6.07, 6.45) is 4.60. The lowest BCUT2D eigenvalue weighted by atomic mass is 9.59. The Bertz CT molecular complexity index is 506. The molecule has 1 fully saturated rings. The van der Waals surface area contributed by atoms with E-state index in [0.717, 1.165) is 19.3 Å². The van der Waals surface area contributed by atoms with Crippen molar-refractivity contribution in [2.45, 2.75) is 57.9 Å². The van der Waals surface area contributed by atoms with Crippen molar-refractivity contribution < 1.29 is 14.3 Å². The van der Waals surface area contributed by atoms with Gasteiger partial charge in [-0.1, -0.05) is 32.4 Å². The number of benzene rings is 1. The number of rotatable bonds is 8. The topological polar surface area (TPSA) is 61.5 Å². The fourth-order valence-corrected chi connectivity index (χ4v) is 3.39. The summed E-state index contributed by atoms with van der Waals surface area (Å²) in [6, 6.07) is 8.25. The van der Waals surface area contributed by atoms with Crippen LogP contribution in [0, 0.1) is 5.92 Å². The Kier molecular flexibility index (Phi) is 6.05. The molecule has 0 spiro atoms. The van der Waals surface area contributed by atoms with E-state index in [1.165, 1.54) is 12.0 Å². The van der Waals surface area contributed by atoms with Crippen LogP contribution in [0.2, 0.25) is 0 Å². The molecule has 2 N–H and O–H groups in total. The summed E-state index contributed by atoms with van der Waals surface area (Å²) in [5.74, 6) is 0.953. The van der Waals surface area contributed by atoms with E-state index < -0.39 is 0 Å². The lowest BCUT2D eigenvalue weighted by Gasteiger charge is -2.47. The summed E-state index contributed by atoms with van der Waals surface area (Å²) < 4.78 is 10.3. The zero-order chi connectivity index (χ0) is 16.9. The molecular formula is C19H29NO3. The van der Waals surface area contributed by atoms with E-state index >= 15 is 0 Å². The molecule has 4 heteroatoms. The Hall–Kier alpha value is -1.55. The molecule has 0 amide bonds. The first-order chi connectivity index (χ1) is 11.0. The summed E-state index contributed by atoms with van der Waals surface area (Å²) in [6.45, 7) is 6.55. The summed E-state index contributed by atoms with van der Waals surface area (Å²) in [7, 11) is 0. The highest BCUT2D eigenvalue weighted by Gasteiger charge is 2.43. The molecule has 0 bridgehead atoms. The molecule has 1 saturated carbocycles. The molecule has 2 rings (SSSR count). The summed E-state index contributed by atoms with van der Waals surface area (Å²) >= 11 is 0. The zero-order valence-electron chi connectivity index (χ0n) is 14.5. The molecule has 23 heavy (non-hydrogen) atoms. The lowest BCUT2D eigenvalue weighted by molar-refractivity contribution is -0.145. The van der Waals surface area contributed by atoms with Crippen molar-refractivity contribution in [1.82, 2.24) is 0 Å². The van der Waals surface area contributed by atoms with Gasteiger partial charge >= 0.3 is 5.97 Å². The first kappa shape index (κ1) is 17.8. The van der Waals surface area contributed by atoms with E-state index in [1.807, 2.05) is 12.1 Å². The standard InChI is InChI=1S/C19H29NO3/c1-4-22-18(21)13-23-16-8-6-15(7-9-16)19(10-5-11-19)17(20)12-14(2)3/h6-9,14,17H,4-5,10-13,20H2,1-3H3. The fourth-order valence-electron chi connectivity index (χ4n) is 3.39. The highest BCUT2D eigenvalue weighted by atomic mass is 16.6. The van der Waals surface area contributed by atoms with Crippen LogP contribution in [0.25, 0.3) is 0 Å². The third-order valence-electron chi connectivity index (χ3n) is 4.77. The number of carbonyl (C=O) groups is 1. The Morgan fingerprint density at radius 3 is 2.39 bits per heavy atom. The van der Waals surface area contributed by atoms with Crippen LogP contribution in [0.3, 0.4) is 0 Å². The third kappa shape index (κ3) is 4.25. The predicted octanol–water partition coefficient (Wildman–Crippen LogP) is 3.42. The first-order valence-corrected chi connectivity index (χ1v) is 8.62. The van der Waals surface area contributed by atoms with Gasteiger partial charge in [-0.3, -0.25) is 0 Å². The minimum Gasteiger partial charge on any atom is -0.482 e. The van der Waals surface area contributed by atoms with E-state index in [0.29, 0.717) is 18.3 Å². The second-order valence-electron chi connectivity index (χ2n) is 6.86. The number of esters is 1. The van der Waals surface area contributed by atoms with Crippen LogP contribution in [-0.2, 0) is 14.9 Å². The van der Waals surface area contributed by atoms with Gasteiger partial charge in [-0.2, -0.15) is 0 Å². The average Bonchev–Trinajstić information content (AvgIpc) is 2.45. The van der Waals surface area contributed by atoms with Gasteiger partial charge in [0, 0.05) is 11.5 Å². The number of hydrogen-bond acceptors (Lipinski definition) is 4. The Morgan fingerprint density at radius 2 is 1.91 bits per heavy atom. The van der Waals surface area contributed by atoms with E-state index in [4.69, 9.17) is 15.2 Å². The van der Waals surface area contributed by atoms with E-state index in [-0.39, 0.29) is 24.0 Å². The normalized spacial score (nSPS) is 17.4. The van der Waals surface area contributed by atoms with E-state index in [1.54, 1.807) is 6.92 Å². The maximum atomic E-state index is 11.3. The average molecular weight is 319 g/mol. The molecule has 1 unspecified atom stereocenters. The SMILES string of the molecule is CCOC(=O)COc1ccc(C2(C(N)CC(C)C)CCC2)cc1. The minimum atomic E-state index is -0.342. The Labute approximate surface area is 139 Å². The second-order valence-corrected chi connectivity index (χ2v) is 6.86. The first-order valence-electron chi connectivity index (χ1n) is 8.62. The maximum absolute atomic E-state index is 11.3. The van der Waals surface area contributed by atoms with Crippen molar-refractivity contribution in [2.24, 2.45) is 11.7 Å². The van der Waals surface area contributed by atoms with Crippen LogP contribution in [0.5, 0.6) is 5.75 Å². The van der Waals surface area contributed by atoms with Gasteiger partial charge in [0.2, 0.25) is 0 Å². The summed E-state index contributed by atoms with van der Waals surface area (Å²) in [5, 5.41) is 0. The highest BCUT2D eigenvalue weighted by molar-refractivity contribution is 5.71. The maximum Gasteiger partial charge on any atom is 0.344 e. The quantitative estimate of drug-likeness (QED) is 0.746. The molecule has 0 aromatic heterocycles. The van der Waals surface area contributed by atoms with Crippen LogP contribution >= 0.6 is 0 Å². The van der Waals surface area contributed by atoms with Crippen LogP contribution < -0.4 is 10.5 Å². The van der Waals surface area contributed by atoms with Gasteiger partial charge in [0.1, 0.15) is 5.75 Å². The van der Waals surface area contributed by atoms with Gasteiger partial charge in [-0.15, -0.1) is 0 Å². The molecule has 0 saturated heterocycles. The summed E-state index contributed by atoms with van der Waals surface area (Å²) in [5.41, 5.74) is 7.93. The third-order valence-corrected chi connectivity index (χ3v) is 4.77. The van der Waals surface area contributed by atoms with Crippen molar-refractivity contribution in [3.05, 3.63) is 29.8 Å². The molecule has 1 aliphatic rings. The van der Waals surface area contributed by atoms with Gasteiger partial charge in [-0.05, 0) is 49.8 Å². The summed E-state index contributed by atoms with van der Waals surface area (Å²) in [4.78, 5) is 11.3. The molecular weight excluding hydrogens is 290 g/mol. The number of hydrogen-bond donors (Lipinski definition) is 1. The molecule has 0 heterocycles. The Balaban J connectivity index is 2.01. The van der Waals surface area contributed by atoms with Crippen LogP contribution in [0.4, 0.5) is 0 Å². The molecule has 0 radical (unpaired) electrons. The monoisotopic (exact) mass is 319 g/mol. The molecule has 4 nitrogen and oxygen atoms in total. The minimum absolute atomic E-state index is 0.0504. The smallest absolute Gasteiger partial charge is 0.344 e. The van der Waals surface area contributed by atoms with E-state index in [9.17, 15) is 4.79 Å². The van der Waals surface area contributed by atoms with Crippen molar-refractivity contribution >= 4 is 5.97 Å². The molecule has 1 aromatic rings. The van der Waals surface area contributed by atoms with E-state index in [2.05, 4.69) is 26.0 Å². The second kappa shape index (κ2) is 7.82. The van der Waals surface area contributed by atoms with Gasteiger partial charge in [-0.25, -0.2) is 4.79 Å². The van der Waals surface area contributed by atoms with Crippen LogP contribution in [0.1, 0.15) is 52.0 Å². The Morgan fingerprint density at radius 1 is 1.26 bits per heavy atom. The zero-order valence-corrected chi connectivity index (χ0v) is 14.5. The fraction of sp³-hybridized carbons (Fsp3) is 0.632. The highest BCUT2D eigenvalue weighted by Crippen LogP contribution is 2.47. The lowest BCUT2D eigenvalue weighted by Crippen LogP contribution is -2.50. The molecule has 1 atom stereocenters. The molecule has 1 aromatic carbocycles. The van der Waals surface area contributed by atoms with Crippen molar-refractivity contribution in [1.29, 1.82) is 0 Å². The van der Waals surface area contributed by atoms with Gasteiger partial charge < -0.3 is 15.2 Å². The van der Waals surface area contributed by atoms with Gasteiger partial charge in [0.25, 0.3) is 0 Å². The molecule has 1 aliphatic carbocycles. The molecule has 128 valence electrons. The van der Waals surface area contributed by atoms with Crippen LogP contribution in [-0.4, -0.2) is 25.2 Å². The van der Waals surface area contributed by atoms with Crippen molar-refractivity contribution in [3.8, 4) is 5.75 Å². The number of carbonyl (C=O) groups excluding carboxylic acids is 1.